The van der Waals surface area contributed by atoms with Crippen molar-refractivity contribution in [3.63, 3.8) is 0 Å². The molecule has 0 aliphatic rings. The van der Waals surface area contributed by atoms with E-state index < -0.39 is 29.8 Å². The number of allylic oxidation sites excluding steroid dienone is 1. The van der Waals surface area contributed by atoms with E-state index in [-0.39, 0.29) is 30.8 Å². The monoisotopic (exact) mass is 632 g/mol. The highest BCUT2D eigenvalue weighted by molar-refractivity contribution is 7.53. The molecule has 0 aliphatic carbocycles. The molecule has 0 unspecified atom stereocenters. The van der Waals surface area contributed by atoms with Crippen LogP contribution in [0.5, 0.6) is 0 Å². The van der Waals surface area contributed by atoms with E-state index >= 15 is 0 Å². The van der Waals surface area contributed by atoms with Crippen LogP contribution in [0.3, 0.4) is 0 Å². The van der Waals surface area contributed by atoms with Crippen LogP contribution in [-0.4, -0.2) is 34.4 Å². The van der Waals surface area contributed by atoms with Gasteiger partial charge in [0.2, 0.25) is 3.79 Å². The summed E-state index contributed by atoms with van der Waals surface area (Å²) >= 11 is 16.8. The molecule has 1 heterocycles. The molecule has 0 aliphatic heterocycles. The fourth-order valence-corrected chi connectivity index (χ4v) is 5.78. The van der Waals surface area contributed by atoms with Crippen molar-refractivity contribution >= 4 is 54.6 Å². The van der Waals surface area contributed by atoms with Crippen molar-refractivity contribution in [2.24, 2.45) is 0 Å². The van der Waals surface area contributed by atoms with E-state index in [1.54, 1.807) is 19.9 Å². The summed E-state index contributed by atoms with van der Waals surface area (Å²) in [5.74, 6) is -0.783. The van der Waals surface area contributed by atoms with Gasteiger partial charge in [-0.2, -0.15) is 4.68 Å². The van der Waals surface area contributed by atoms with E-state index in [0.29, 0.717) is 0 Å². The molecule has 39 heavy (non-hydrogen) atoms. The van der Waals surface area contributed by atoms with Crippen molar-refractivity contribution in [3.05, 3.63) is 28.1 Å². The third kappa shape index (κ3) is 16.2. The van der Waals surface area contributed by atoms with Crippen molar-refractivity contribution in [3.8, 4) is 0 Å². The molecule has 0 saturated carbocycles. The van der Waals surface area contributed by atoms with E-state index in [1.165, 1.54) is 57.8 Å². The first kappa shape index (κ1) is 36.1. The Kier molecular flexibility index (Phi) is 18.5. The minimum atomic E-state index is -3.65. The molecule has 1 N–H and O–H groups in total. The largest absolute Gasteiger partial charge is 0.444 e. The van der Waals surface area contributed by atoms with Crippen LogP contribution in [0.4, 0.5) is 4.79 Å². The van der Waals surface area contributed by atoms with Gasteiger partial charge in [-0.15, -0.1) is 0 Å². The summed E-state index contributed by atoms with van der Waals surface area (Å²) in [6.07, 6.45) is 16.6. The van der Waals surface area contributed by atoms with Crippen LogP contribution in [0.1, 0.15) is 109 Å². The fraction of sp³-hybridized carbons (Fsp3) is 0.769. The topological polar surface area (TPSA) is 109 Å². The Balaban J connectivity index is 2.78. The number of alkyl halides is 3. The van der Waals surface area contributed by atoms with E-state index in [4.69, 9.17) is 53.0 Å². The average Bonchev–Trinajstić information content (AvgIpc) is 3.14. The maximum absolute atomic E-state index is 13.2. The van der Waals surface area contributed by atoms with Gasteiger partial charge in [-0.25, -0.2) is 15.0 Å². The first-order chi connectivity index (χ1) is 18.5. The second kappa shape index (κ2) is 20.0. The third-order valence-corrected chi connectivity index (χ3v) is 8.06. The zero-order valence-corrected chi connectivity index (χ0v) is 26.5. The summed E-state index contributed by atoms with van der Waals surface area (Å²) < 4.78 is 33.1. The molecule has 1 aromatic rings. The van der Waals surface area contributed by atoms with Crippen molar-refractivity contribution in [1.29, 1.82) is 0 Å². The average molecular weight is 634 g/mol. The lowest BCUT2D eigenvalue weighted by Gasteiger charge is -2.18. The number of carbonyl (C=O) groups excluding carboxylic acids is 1. The number of nitrogens with one attached hydrogen (secondary N) is 1. The molecule has 9 nitrogen and oxygen atoms in total. The van der Waals surface area contributed by atoms with Crippen molar-refractivity contribution in [1.82, 2.24) is 4.68 Å². The minimum absolute atomic E-state index is 0.103. The number of hydrogen-bond acceptors (Lipinski definition) is 7. The third-order valence-electron chi connectivity index (χ3n) is 5.74. The van der Waals surface area contributed by atoms with E-state index in [9.17, 15) is 14.2 Å². The Morgan fingerprint density at radius 3 is 2.00 bits per heavy atom. The summed E-state index contributed by atoms with van der Waals surface area (Å²) in [5, 5.41) is 0. The quantitative estimate of drug-likeness (QED) is 0.0817. The summed E-state index contributed by atoms with van der Waals surface area (Å²) in [6, 6.07) is 0. The van der Waals surface area contributed by atoms with Gasteiger partial charge in [0.05, 0.1) is 19.4 Å². The molecule has 0 saturated heterocycles. The molecule has 13 heteroatoms. The van der Waals surface area contributed by atoms with Crippen molar-refractivity contribution < 1.29 is 27.6 Å². The standard InChI is InChI=1S/C26H44Cl3N2O7P/c1-4-7-8-9-10-11-12-13-14-15-16-17-18-19-23-22(20-39(34,36-5-2)37-6-3)31(25(33)38-23)30-24(32)35-21-26(27,28)29/h18-19H,4-17,20-21H2,1-3H3,(H,30,32)/b19-18+. The number of hydrogen-bond donors (Lipinski definition) is 1. The van der Waals surface area contributed by atoms with Gasteiger partial charge in [-0.1, -0.05) is 112 Å². The van der Waals surface area contributed by atoms with Crippen LogP contribution in [0, 0.1) is 0 Å². The van der Waals surface area contributed by atoms with Crippen LogP contribution in [0.25, 0.3) is 6.08 Å². The smallest absolute Gasteiger partial charge is 0.438 e. The van der Waals surface area contributed by atoms with Crippen molar-refractivity contribution in [2.75, 3.05) is 25.2 Å². The SMILES string of the molecule is CCCCCCCCCCCCC/C=C/c1oc(=O)n(NC(=O)OCC(Cl)(Cl)Cl)c1CP(=O)(OCC)OCC. The molecule has 0 bridgehead atoms. The Morgan fingerprint density at radius 2 is 1.49 bits per heavy atom. The number of aromatic nitrogens is 1. The van der Waals surface area contributed by atoms with E-state index in [1.807, 2.05) is 6.08 Å². The predicted molar refractivity (Wildman–Crippen MR) is 159 cm³/mol. The Hall–Kier alpha value is -0.960. The van der Waals surface area contributed by atoms with Gasteiger partial charge >= 0.3 is 19.4 Å². The highest BCUT2D eigenvalue weighted by atomic mass is 35.6. The molecule has 0 spiro atoms. The number of unbranched alkanes of at least 4 members (excludes halogenated alkanes) is 11. The molecular formula is C26H44Cl3N2O7P. The fourth-order valence-electron chi connectivity index (χ4n) is 3.90. The molecule has 0 radical (unpaired) electrons. The number of carbonyl (C=O) groups is 1. The molecule has 1 amide bonds. The summed E-state index contributed by atoms with van der Waals surface area (Å²) in [7, 11) is -3.65. The highest BCUT2D eigenvalue weighted by Crippen LogP contribution is 2.51. The second-order valence-corrected chi connectivity index (χ2v) is 13.7. The summed E-state index contributed by atoms with van der Waals surface area (Å²) in [4.78, 5) is 24.8. The molecule has 226 valence electrons. The van der Waals surface area contributed by atoms with Crippen LogP contribution < -0.4 is 11.2 Å². The van der Waals surface area contributed by atoms with Crippen LogP contribution in [0.2, 0.25) is 0 Å². The van der Waals surface area contributed by atoms with E-state index in [0.717, 1.165) is 23.9 Å². The van der Waals surface area contributed by atoms with Crippen molar-refractivity contribution in [2.45, 2.75) is 108 Å². The Bertz CT molecular complexity index is 950. The number of ether oxygens (including phenoxy) is 1. The van der Waals surface area contributed by atoms with Gasteiger partial charge < -0.3 is 18.2 Å². The zero-order chi connectivity index (χ0) is 29.2. The molecule has 1 aromatic heterocycles. The first-order valence-corrected chi connectivity index (χ1v) is 16.7. The maximum atomic E-state index is 13.2. The lowest BCUT2D eigenvalue weighted by Crippen LogP contribution is -2.34. The zero-order valence-electron chi connectivity index (χ0n) is 23.4. The Morgan fingerprint density at radius 1 is 0.949 bits per heavy atom. The van der Waals surface area contributed by atoms with Gasteiger partial charge in [0.15, 0.2) is 5.76 Å². The number of nitrogens with zero attached hydrogens (tertiary/aromatic N) is 1. The van der Waals surface area contributed by atoms with Gasteiger partial charge in [0, 0.05) is 0 Å². The molecule has 0 atom stereocenters. The van der Waals surface area contributed by atoms with Gasteiger partial charge in [-0.05, 0) is 32.8 Å². The normalized spacial score (nSPS) is 12.4. The molecular weight excluding hydrogens is 590 g/mol. The highest BCUT2D eigenvalue weighted by Gasteiger charge is 2.31. The summed E-state index contributed by atoms with van der Waals surface area (Å²) in [5.41, 5.74) is 2.34. The molecule has 0 aromatic carbocycles. The van der Waals surface area contributed by atoms with Gasteiger partial charge in [0.1, 0.15) is 12.3 Å². The number of oxazole rings is 1. The van der Waals surface area contributed by atoms with Crippen LogP contribution in [0.15, 0.2) is 15.3 Å². The number of rotatable bonds is 21. The lowest BCUT2D eigenvalue weighted by atomic mass is 10.1. The predicted octanol–water partition coefficient (Wildman–Crippen LogP) is 8.97. The minimum Gasteiger partial charge on any atom is -0.444 e. The first-order valence-electron chi connectivity index (χ1n) is 13.8. The van der Waals surface area contributed by atoms with E-state index in [2.05, 4.69) is 12.3 Å². The molecule has 0 fully saturated rings. The Labute approximate surface area is 247 Å². The number of halogens is 3. The number of amides is 1. The molecule has 1 rings (SSSR count). The maximum Gasteiger partial charge on any atom is 0.438 e. The summed E-state index contributed by atoms with van der Waals surface area (Å²) in [6.45, 7) is 5.29. The van der Waals surface area contributed by atoms with Gasteiger partial charge in [-0.3, -0.25) is 4.57 Å². The lowest BCUT2D eigenvalue weighted by molar-refractivity contribution is 0.159. The van der Waals surface area contributed by atoms with Crippen LogP contribution >= 0.6 is 42.4 Å². The second-order valence-electron chi connectivity index (χ2n) is 9.15. The van der Waals surface area contributed by atoms with Crippen LogP contribution in [-0.2, 0) is 24.5 Å². The van der Waals surface area contributed by atoms with Gasteiger partial charge in [0.25, 0.3) is 0 Å².